The van der Waals surface area contributed by atoms with Gasteiger partial charge < -0.3 is 30.2 Å². The van der Waals surface area contributed by atoms with E-state index in [0.717, 1.165) is 4.90 Å². The van der Waals surface area contributed by atoms with Crippen molar-refractivity contribution in [3.05, 3.63) is 113 Å². The molecule has 1 unspecified atom stereocenters. The van der Waals surface area contributed by atoms with Gasteiger partial charge in [-0.05, 0) is 85.3 Å². The van der Waals surface area contributed by atoms with Gasteiger partial charge in [-0.3, -0.25) is 14.4 Å². The SMILES string of the molecule is COc1cc(/C=C(/NC(=O)c2ccccc2)C(=O)Nc2cccc(SC(C)C(=O)Nc3ccc(Cl)cc3)c2)cc(OC)c1OC. The van der Waals surface area contributed by atoms with E-state index in [1.807, 2.05) is 6.07 Å². The van der Waals surface area contributed by atoms with Crippen LogP contribution >= 0.6 is 23.4 Å². The van der Waals surface area contributed by atoms with Crippen molar-refractivity contribution >= 4 is 58.5 Å². The van der Waals surface area contributed by atoms with Crippen LogP contribution in [0.5, 0.6) is 17.2 Å². The first-order chi connectivity index (χ1) is 21.7. The van der Waals surface area contributed by atoms with Crippen LogP contribution < -0.4 is 30.2 Å². The highest BCUT2D eigenvalue weighted by molar-refractivity contribution is 8.00. The Morgan fingerprint density at radius 3 is 2.07 bits per heavy atom. The van der Waals surface area contributed by atoms with E-state index >= 15 is 0 Å². The number of thioether (sulfide) groups is 1. The van der Waals surface area contributed by atoms with Crippen molar-refractivity contribution in [2.24, 2.45) is 0 Å². The molecule has 0 heterocycles. The molecule has 0 fully saturated rings. The second-order valence-electron chi connectivity index (χ2n) is 9.58. The number of carbonyl (C=O) groups excluding carboxylic acids is 3. The summed E-state index contributed by atoms with van der Waals surface area (Å²) in [7, 11) is 4.47. The molecule has 4 rings (SSSR count). The van der Waals surface area contributed by atoms with Gasteiger partial charge in [0, 0.05) is 26.9 Å². The molecule has 1 atom stereocenters. The van der Waals surface area contributed by atoms with Crippen LogP contribution in [0.25, 0.3) is 6.08 Å². The molecule has 45 heavy (non-hydrogen) atoms. The van der Waals surface area contributed by atoms with Gasteiger partial charge in [-0.2, -0.15) is 0 Å². The van der Waals surface area contributed by atoms with Gasteiger partial charge in [-0.15, -0.1) is 11.8 Å². The predicted octanol–water partition coefficient (Wildman–Crippen LogP) is 6.89. The maximum absolute atomic E-state index is 13.6. The Hall–Kier alpha value is -4.93. The molecule has 11 heteroatoms. The highest BCUT2D eigenvalue weighted by Gasteiger charge is 2.19. The topological polar surface area (TPSA) is 115 Å². The summed E-state index contributed by atoms with van der Waals surface area (Å²) in [4.78, 5) is 40.2. The molecule has 4 aromatic rings. The third-order valence-electron chi connectivity index (χ3n) is 6.41. The van der Waals surface area contributed by atoms with E-state index in [4.69, 9.17) is 25.8 Å². The minimum Gasteiger partial charge on any atom is -0.493 e. The molecule has 3 N–H and O–H groups in total. The van der Waals surface area contributed by atoms with Gasteiger partial charge in [0.2, 0.25) is 11.7 Å². The van der Waals surface area contributed by atoms with Crippen LogP contribution in [0.15, 0.2) is 102 Å². The predicted molar refractivity (Wildman–Crippen MR) is 178 cm³/mol. The van der Waals surface area contributed by atoms with Crippen LogP contribution in [0, 0.1) is 0 Å². The van der Waals surface area contributed by atoms with Gasteiger partial charge in [0.1, 0.15) is 5.70 Å². The van der Waals surface area contributed by atoms with E-state index in [-0.39, 0.29) is 11.6 Å². The Bertz CT molecular complexity index is 1670. The molecule has 0 aliphatic heterocycles. The average molecular weight is 646 g/mol. The fourth-order valence-corrected chi connectivity index (χ4v) is 5.23. The minimum absolute atomic E-state index is 0.0214. The molecule has 0 aliphatic carbocycles. The monoisotopic (exact) mass is 645 g/mol. The van der Waals surface area contributed by atoms with Crippen LogP contribution in [-0.2, 0) is 9.59 Å². The van der Waals surface area contributed by atoms with E-state index in [2.05, 4.69) is 16.0 Å². The summed E-state index contributed by atoms with van der Waals surface area (Å²) in [5.74, 6) is -0.0526. The average Bonchev–Trinajstić information content (AvgIpc) is 3.05. The Morgan fingerprint density at radius 1 is 0.778 bits per heavy atom. The number of methoxy groups -OCH3 is 3. The Morgan fingerprint density at radius 2 is 1.44 bits per heavy atom. The third kappa shape index (κ3) is 9.04. The molecular formula is C34H32ClN3O6S. The fraction of sp³-hybridized carbons (Fsp3) is 0.147. The molecule has 0 saturated carbocycles. The number of carbonyl (C=O) groups is 3. The number of benzene rings is 4. The number of rotatable bonds is 12. The molecule has 9 nitrogen and oxygen atoms in total. The first kappa shape index (κ1) is 33.0. The van der Waals surface area contributed by atoms with E-state index in [1.54, 1.807) is 91.9 Å². The molecule has 3 amide bonds. The normalized spacial score (nSPS) is 11.6. The van der Waals surface area contributed by atoms with Gasteiger partial charge >= 0.3 is 0 Å². The number of hydrogen-bond acceptors (Lipinski definition) is 7. The van der Waals surface area contributed by atoms with Crippen LogP contribution in [0.4, 0.5) is 11.4 Å². The van der Waals surface area contributed by atoms with Crippen LogP contribution in [-0.4, -0.2) is 44.3 Å². The van der Waals surface area contributed by atoms with Gasteiger partial charge in [-0.1, -0.05) is 35.9 Å². The molecule has 0 spiro atoms. The van der Waals surface area contributed by atoms with E-state index in [1.165, 1.54) is 39.2 Å². The summed E-state index contributed by atoms with van der Waals surface area (Å²) in [6.45, 7) is 1.79. The third-order valence-corrected chi connectivity index (χ3v) is 7.76. The fourth-order valence-electron chi connectivity index (χ4n) is 4.17. The second kappa shape index (κ2) is 15.7. The first-order valence-electron chi connectivity index (χ1n) is 13.7. The minimum atomic E-state index is -0.566. The summed E-state index contributed by atoms with van der Waals surface area (Å²) < 4.78 is 16.3. The number of anilines is 2. The summed E-state index contributed by atoms with van der Waals surface area (Å²) in [6.07, 6.45) is 1.52. The molecule has 0 aromatic heterocycles. The molecule has 0 aliphatic rings. The van der Waals surface area contributed by atoms with Crippen molar-refractivity contribution in [2.45, 2.75) is 17.1 Å². The zero-order valence-corrected chi connectivity index (χ0v) is 26.6. The van der Waals surface area contributed by atoms with Gasteiger partial charge in [0.05, 0.1) is 26.6 Å². The van der Waals surface area contributed by atoms with Crippen molar-refractivity contribution in [2.75, 3.05) is 32.0 Å². The zero-order chi connectivity index (χ0) is 32.3. The van der Waals surface area contributed by atoms with Crippen LogP contribution in [0.3, 0.4) is 0 Å². The number of hydrogen-bond donors (Lipinski definition) is 3. The summed E-state index contributed by atoms with van der Waals surface area (Å²) >= 11 is 7.26. The summed E-state index contributed by atoms with van der Waals surface area (Å²) in [5, 5.41) is 8.58. The van der Waals surface area contributed by atoms with Crippen molar-refractivity contribution in [3.8, 4) is 17.2 Å². The van der Waals surface area contributed by atoms with E-state index < -0.39 is 17.1 Å². The first-order valence-corrected chi connectivity index (χ1v) is 15.0. The zero-order valence-electron chi connectivity index (χ0n) is 25.1. The Balaban J connectivity index is 1.56. The highest BCUT2D eigenvalue weighted by Crippen LogP contribution is 2.38. The van der Waals surface area contributed by atoms with Crippen molar-refractivity contribution in [1.82, 2.24) is 5.32 Å². The van der Waals surface area contributed by atoms with Gasteiger partial charge in [-0.25, -0.2) is 0 Å². The lowest BCUT2D eigenvalue weighted by Crippen LogP contribution is -2.30. The van der Waals surface area contributed by atoms with Crippen LogP contribution in [0.2, 0.25) is 5.02 Å². The smallest absolute Gasteiger partial charge is 0.272 e. The molecule has 0 radical (unpaired) electrons. The second-order valence-corrected chi connectivity index (χ2v) is 11.4. The molecular weight excluding hydrogens is 614 g/mol. The molecule has 0 bridgehead atoms. The van der Waals surface area contributed by atoms with E-state index in [0.29, 0.717) is 44.8 Å². The number of halogens is 1. The molecule has 0 saturated heterocycles. The van der Waals surface area contributed by atoms with Crippen molar-refractivity contribution < 1.29 is 28.6 Å². The van der Waals surface area contributed by atoms with E-state index in [9.17, 15) is 14.4 Å². The maximum atomic E-state index is 13.6. The van der Waals surface area contributed by atoms with Gasteiger partial charge in [0.15, 0.2) is 11.5 Å². The Labute approximate surface area is 270 Å². The lowest BCUT2D eigenvalue weighted by molar-refractivity contribution is -0.115. The largest absolute Gasteiger partial charge is 0.493 e. The van der Waals surface area contributed by atoms with Gasteiger partial charge in [0.25, 0.3) is 11.8 Å². The van der Waals surface area contributed by atoms with Crippen molar-refractivity contribution in [3.63, 3.8) is 0 Å². The highest BCUT2D eigenvalue weighted by atomic mass is 35.5. The van der Waals surface area contributed by atoms with Crippen molar-refractivity contribution in [1.29, 1.82) is 0 Å². The Kier molecular flexibility index (Phi) is 11.5. The van der Waals surface area contributed by atoms with Crippen LogP contribution in [0.1, 0.15) is 22.8 Å². The standard InChI is InChI=1S/C34H32ClN3O6S/c1-21(32(39)36-25-15-13-24(35)14-16-25)45-27-12-8-11-26(20-27)37-34(41)28(38-33(40)23-9-6-5-7-10-23)17-22-18-29(42-2)31(44-4)30(19-22)43-3/h5-21H,1-4H3,(H,36,39)(H,37,41)(H,38,40)/b28-17+. The summed E-state index contributed by atoms with van der Waals surface area (Å²) in [6, 6.07) is 25.8. The quantitative estimate of drug-likeness (QED) is 0.113. The number of nitrogens with one attached hydrogen (secondary N) is 3. The molecule has 232 valence electrons. The number of amides is 3. The lowest BCUT2D eigenvalue weighted by Gasteiger charge is -2.15. The maximum Gasteiger partial charge on any atom is 0.272 e. The summed E-state index contributed by atoms with van der Waals surface area (Å²) in [5.41, 5.74) is 1.99. The number of ether oxygens (including phenoxy) is 3. The lowest BCUT2D eigenvalue weighted by atomic mass is 10.1. The molecule has 4 aromatic carbocycles.